The summed E-state index contributed by atoms with van der Waals surface area (Å²) in [6, 6.07) is 38.0. The number of fused-ring (bicyclic) bond motifs is 4. The van der Waals surface area contributed by atoms with Crippen molar-refractivity contribution in [3.8, 4) is 16.9 Å². The van der Waals surface area contributed by atoms with Crippen LogP contribution in [0.4, 0.5) is 30.2 Å². The Morgan fingerprint density at radius 1 is 0.659 bits per heavy atom. The van der Waals surface area contributed by atoms with Crippen molar-refractivity contribution in [3.63, 3.8) is 0 Å². The van der Waals surface area contributed by atoms with Crippen molar-refractivity contribution in [2.45, 2.75) is 24.8 Å². The highest BCUT2D eigenvalue weighted by Gasteiger charge is 2.49. The van der Waals surface area contributed by atoms with Gasteiger partial charge in [-0.2, -0.15) is 21.6 Å². The smallest absolute Gasteiger partial charge is 0.374 e. The van der Waals surface area contributed by atoms with Gasteiger partial charge >= 0.3 is 15.6 Å². The third-order valence-corrected chi connectivity index (χ3v) is 9.37. The van der Waals surface area contributed by atoms with Crippen molar-refractivity contribution >= 4 is 48.7 Å². The highest BCUT2D eigenvalue weighted by molar-refractivity contribution is 7.88. The molecule has 0 radical (unpaired) electrons. The van der Waals surface area contributed by atoms with Gasteiger partial charge in [-0.1, -0.05) is 117 Å². The maximum absolute atomic E-state index is 13.6. The lowest BCUT2D eigenvalue weighted by Gasteiger charge is -2.42. The Morgan fingerprint density at radius 3 is 2.02 bits per heavy atom. The Bertz CT molecular complexity index is 2200. The second-order valence-electron chi connectivity index (χ2n) is 11.4. The number of benzene rings is 6. The minimum absolute atomic E-state index is 0.204. The molecule has 0 saturated carbocycles. The second kappa shape index (κ2) is 9.86. The van der Waals surface area contributed by atoms with Gasteiger partial charge in [0.25, 0.3) is 0 Å². The summed E-state index contributed by atoms with van der Waals surface area (Å²) >= 11 is 0. The lowest BCUT2D eigenvalue weighted by molar-refractivity contribution is -0.0499. The molecule has 6 aromatic carbocycles. The molecule has 0 aliphatic carbocycles. The monoisotopic (exact) mass is 609 g/mol. The molecule has 220 valence electrons. The standard InChI is InChI=1S/C36H26F3NO3S/c1-35(2)29-16-7-8-17-31(29)40(32-22-25(18-20-30(32)35)27-15-9-12-23-10-3-5-13-26(23)27)34-28-14-6-4-11-24(28)19-21-33(34)43-44(41,42)36(37,38)39/h3-22H,1-2H3. The Morgan fingerprint density at radius 2 is 1.27 bits per heavy atom. The van der Waals surface area contributed by atoms with Crippen molar-refractivity contribution < 1.29 is 25.8 Å². The average molecular weight is 610 g/mol. The van der Waals surface area contributed by atoms with E-state index in [0.29, 0.717) is 22.1 Å². The molecule has 0 N–H and O–H groups in total. The predicted octanol–water partition coefficient (Wildman–Crippen LogP) is 10.00. The van der Waals surface area contributed by atoms with Gasteiger partial charge in [0.15, 0.2) is 5.75 Å². The summed E-state index contributed by atoms with van der Waals surface area (Å²) < 4.78 is 70.6. The van der Waals surface area contributed by atoms with Gasteiger partial charge in [-0.15, -0.1) is 0 Å². The third-order valence-electron chi connectivity index (χ3n) is 8.40. The first-order valence-corrected chi connectivity index (χ1v) is 15.4. The summed E-state index contributed by atoms with van der Waals surface area (Å²) in [5.74, 6) is -0.419. The summed E-state index contributed by atoms with van der Waals surface area (Å²) in [5, 5.41) is 3.39. The van der Waals surface area contributed by atoms with Gasteiger partial charge in [0, 0.05) is 10.8 Å². The van der Waals surface area contributed by atoms with E-state index in [-0.39, 0.29) is 5.69 Å². The highest BCUT2D eigenvalue weighted by atomic mass is 32.2. The topological polar surface area (TPSA) is 46.6 Å². The average Bonchev–Trinajstić information content (AvgIpc) is 3.01. The Labute approximate surface area is 253 Å². The van der Waals surface area contributed by atoms with E-state index in [2.05, 4.69) is 26.0 Å². The van der Waals surface area contributed by atoms with Crippen LogP contribution in [0.1, 0.15) is 25.0 Å². The summed E-state index contributed by atoms with van der Waals surface area (Å²) in [6.07, 6.45) is 0. The Kier molecular flexibility index (Phi) is 6.27. The van der Waals surface area contributed by atoms with E-state index >= 15 is 0 Å². The fourth-order valence-electron chi connectivity index (χ4n) is 6.30. The summed E-state index contributed by atoms with van der Waals surface area (Å²) in [4.78, 5) is 1.84. The Balaban J connectivity index is 1.56. The number of halogens is 3. The van der Waals surface area contributed by atoms with Gasteiger partial charge < -0.3 is 9.08 Å². The van der Waals surface area contributed by atoms with Crippen LogP contribution in [0.3, 0.4) is 0 Å². The highest BCUT2D eigenvalue weighted by Crippen LogP contribution is 2.56. The number of rotatable bonds is 4. The van der Waals surface area contributed by atoms with Gasteiger partial charge in [-0.05, 0) is 56.6 Å². The lowest BCUT2D eigenvalue weighted by atomic mass is 9.73. The van der Waals surface area contributed by atoms with E-state index in [1.54, 1.807) is 18.2 Å². The second-order valence-corrected chi connectivity index (χ2v) is 12.9. The third kappa shape index (κ3) is 4.32. The molecule has 0 atom stereocenters. The van der Waals surface area contributed by atoms with Crippen LogP contribution in [0.15, 0.2) is 121 Å². The van der Waals surface area contributed by atoms with Crippen LogP contribution < -0.4 is 9.08 Å². The molecule has 6 aromatic rings. The van der Waals surface area contributed by atoms with Gasteiger partial charge in [0.1, 0.15) is 0 Å². The van der Waals surface area contributed by atoms with Crippen molar-refractivity contribution in [2.24, 2.45) is 0 Å². The largest absolute Gasteiger partial charge is 0.534 e. The van der Waals surface area contributed by atoms with Gasteiger partial charge in [0.05, 0.1) is 17.1 Å². The quantitative estimate of drug-likeness (QED) is 0.147. The van der Waals surface area contributed by atoms with E-state index < -0.39 is 26.8 Å². The van der Waals surface area contributed by atoms with Crippen LogP contribution in [-0.4, -0.2) is 13.9 Å². The molecule has 0 amide bonds. The molecule has 1 aliphatic heterocycles. The van der Waals surface area contributed by atoms with Crippen molar-refractivity contribution in [2.75, 3.05) is 4.90 Å². The van der Waals surface area contributed by atoms with Crippen LogP contribution >= 0.6 is 0 Å². The van der Waals surface area contributed by atoms with Gasteiger partial charge in [0.2, 0.25) is 0 Å². The molecule has 0 bridgehead atoms. The molecule has 0 spiro atoms. The van der Waals surface area contributed by atoms with Crippen LogP contribution in [-0.2, 0) is 15.5 Å². The SMILES string of the molecule is CC1(C)c2ccccc2N(c2c(OS(=O)(=O)C(F)(F)F)ccc3ccccc23)c2cc(-c3cccc4ccccc34)ccc21. The molecule has 1 aliphatic rings. The first-order chi connectivity index (χ1) is 21.0. The van der Waals surface area contributed by atoms with E-state index in [1.807, 2.05) is 89.8 Å². The first kappa shape index (κ1) is 28.0. The van der Waals surface area contributed by atoms with E-state index in [9.17, 15) is 21.6 Å². The van der Waals surface area contributed by atoms with E-state index in [4.69, 9.17) is 4.18 Å². The maximum Gasteiger partial charge on any atom is 0.534 e. The summed E-state index contributed by atoms with van der Waals surface area (Å²) in [7, 11) is -5.96. The fraction of sp³-hybridized carbons (Fsp3) is 0.111. The summed E-state index contributed by atoms with van der Waals surface area (Å²) in [5.41, 5.74) is -0.685. The van der Waals surface area contributed by atoms with E-state index in [1.165, 1.54) is 6.07 Å². The molecule has 0 fully saturated rings. The van der Waals surface area contributed by atoms with Crippen LogP contribution in [0.25, 0.3) is 32.7 Å². The van der Waals surface area contributed by atoms with Gasteiger partial charge in [-0.3, -0.25) is 0 Å². The molecule has 4 nitrogen and oxygen atoms in total. The van der Waals surface area contributed by atoms with Crippen molar-refractivity contribution in [3.05, 3.63) is 132 Å². The molecule has 0 saturated heterocycles. The zero-order valence-corrected chi connectivity index (χ0v) is 24.6. The van der Waals surface area contributed by atoms with Gasteiger partial charge in [-0.25, -0.2) is 0 Å². The molecule has 8 heteroatoms. The lowest BCUT2D eigenvalue weighted by Crippen LogP contribution is -2.32. The minimum atomic E-state index is -5.96. The van der Waals surface area contributed by atoms with Crippen molar-refractivity contribution in [1.29, 1.82) is 0 Å². The molecular formula is C36H26F3NO3S. The number of para-hydroxylation sites is 1. The maximum atomic E-state index is 13.6. The molecule has 0 unspecified atom stereocenters. The van der Waals surface area contributed by atoms with E-state index in [0.717, 1.165) is 33.0 Å². The molecular weight excluding hydrogens is 583 g/mol. The number of nitrogens with zero attached hydrogens (tertiary/aromatic N) is 1. The molecule has 0 aromatic heterocycles. The fourth-order valence-corrected chi connectivity index (χ4v) is 6.77. The Hall–Kier alpha value is -4.82. The minimum Gasteiger partial charge on any atom is -0.374 e. The zero-order valence-electron chi connectivity index (χ0n) is 23.8. The number of alkyl halides is 3. The normalized spacial score (nSPS) is 14.3. The molecule has 7 rings (SSSR count). The van der Waals surface area contributed by atoms with Crippen molar-refractivity contribution in [1.82, 2.24) is 0 Å². The predicted molar refractivity (Wildman–Crippen MR) is 169 cm³/mol. The van der Waals surface area contributed by atoms with Crippen LogP contribution in [0, 0.1) is 0 Å². The number of hydrogen-bond donors (Lipinski definition) is 0. The number of hydrogen-bond acceptors (Lipinski definition) is 4. The zero-order chi connectivity index (χ0) is 30.9. The molecule has 1 heterocycles. The van der Waals surface area contributed by atoms with Crippen LogP contribution in [0.2, 0.25) is 0 Å². The molecule has 44 heavy (non-hydrogen) atoms. The summed E-state index contributed by atoms with van der Waals surface area (Å²) in [6.45, 7) is 4.21. The van der Waals surface area contributed by atoms with Crippen LogP contribution in [0.5, 0.6) is 5.75 Å². The number of anilines is 3. The first-order valence-electron chi connectivity index (χ1n) is 14.0.